The van der Waals surface area contributed by atoms with Crippen molar-refractivity contribution in [2.45, 2.75) is 26.7 Å². The minimum Gasteiger partial charge on any atom is -0.299 e. The van der Waals surface area contributed by atoms with E-state index in [-0.39, 0.29) is 36.3 Å². The van der Waals surface area contributed by atoms with Crippen LogP contribution in [0.2, 0.25) is 0 Å². The molecule has 9 nitrogen and oxygen atoms in total. The highest BCUT2D eigenvalue weighted by atomic mass is 16.2. The molecule has 0 atom stereocenters. The van der Waals surface area contributed by atoms with E-state index < -0.39 is 11.8 Å². The number of nitrogens with zero attached hydrogens (tertiary/aromatic N) is 2. The second-order valence-corrected chi connectivity index (χ2v) is 3.86. The first-order chi connectivity index (χ1) is 8.86. The minimum atomic E-state index is -0.548. The number of amides is 2. The van der Waals surface area contributed by atoms with Crippen molar-refractivity contribution in [3.8, 4) is 0 Å². The van der Waals surface area contributed by atoms with E-state index in [1.165, 1.54) is 13.8 Å². The Hall–Kier alpha value is -2.58. The average Bonchev–Trinajstić information content (AvgIpc) is 2.62. The first kappa shape index (κ1) is 14.5. The van der Waals surface area contributed by atoms with E-state index in [2.05, 4.69) is 25.8 Å². The number of anilines is 2. The molecule has 1 aromatic rings. The summed E-state index contributed by atoms with van der Waals surface area (Å²) in [5, 5.41) is 10.6. The molecule has 0 fully saturated rings. The summed E-state index contributed by atoms with van der Waals surface area (Å²) in [5.74, 6) is -1.72. The summed E-state index contributed by atoms with van der Waals surface area (Å²) in [4.78, 5) is 47.6. The topological polar surface area (TPSA) is 134 Å². The van der Waals surface area contributed by atoms with Gasteiger partial charge in [0, 0.05) is 0 Å². The fraction of sp³-hybridized carbons (Fsp3) is 0.400. The van der Waals surface area contributed by atoms with E-state index in [4.69, 9.17) is 0 Å². The molecule has 9 heteroatoms. The maximum atomic E-state index is 11.2. The largest absolute Gasteiger partial charge is 0.299 e. The molecule has 0 unspecified atom stereocenters. The number of H-pyrrole nitrogens is 1. The van der Waals surface area contributed by atoms with Crippen molar-refractivity contribution in [2.75, 3.05) is 10.6 Å². The van der Waals surface area contributed by atoms with Crippen LogP contribution < -0.4 is 10.6 Å². The molecule has 1 heterocycles. The number of carbonyl (C=O) groups is 4. The summed E-state index contributed by atoms with van der Waals surface area (Å²) >= 11 is 0. The summed E-state index contributed by atoms with van der Waals surface area (Å²) in [6.07, 6.45) is -0.548. The van der Waals surface area contributed by atoms with Gasteiger partial charge in [0.2, 0.25) is 23.7 Å². The number of aromatic nitrogens is 3. The second kappa shape index (κ2) is 6.38. The number of Topliss-reactive ketones (excluding diaryl/α,β-unsaturated/α-hetero) is 2. The zero-order valence-electron chi connectivity index (χ0n) is 10.4. The molecule has 0 aliphatic rings. The Kier molecular flexibility index (Phi) is 4.86. The zero-order chi connectivity index (χ0) is 14.4. The Bertz CT molecular complexity index is 477. The zero-order valence-corrected chi connectivity index (χ0v) is 10.4. The summed E-state index contributed by atoms with van der Waals surface area (Å²) in [6, 6.07) is 0. The van der Waals surface area contributed by atoms with Gasteiger partial charge in [-0.25, -0.2) is 5.10 Å². The van der Waals surface area contributed by atoms with Crippen molar-refractivity contribution in [1.29, 1.82) is 0 Å². The molecule has 2 amide bonds. The van der Waals surface area contributed by atoms with Crippen molar-refractivity contribution in [3.63, 3.8) is 0 Å². The van der Waals surface area contributed by atoms with Gasteiger partial charge >= 0.3 is 0 Å². The van der Waals surface area contributed by atoms with Gasteiger partial charge in [-0.1, -0.05) is 0 Å². The molecular weight excluding hydrogens is 254 g/mol. The van der Waals surface area contributed by atoms with E-state index in [1.807, 2.05) is 0 Å². The quantitative estimate of drug-likeness (QED) is 0.602. The molecule has 0 aliphatic carbocycles. The SMILES string of the molecule is CC(=O)CC(=O)Nc1n[nH]c(NC(=O)CC(C)=O)n1. The van der Waals surface area contributed by atoms with Crippen molar-refractivity contribution >= 4 is 35.3 Å². The first-order valence-electron chi connectivity index (χ1n) is 5.38. The van der Waals surface area contributed by atoms with Crippen LogP contribution in [0.5, 0.6) is 0 Å². The average molecular weight is 267 g/mol. The third kappa shape index (κ3) is 5.52. The lowest BCUT2D eigenvalue weighted by Gasteiger charge is -1.98. The highest BCUT2D eigenvalue weighted by Gasteiger charge is 2.11. The minimum absolute atomic E-state index is 0.00405. The molecule has 1 rings (SSSR count). The van der Waals surface area contributed by atoms with Gasteiger partial charge in [-0.2, -0.15) is 4.98 Å². The van der Waals surface area contributed by atoms with Crippen molar-refractivity contribution < 1.29 is 19.2 Å². The monoisotopic (exact) mass is 267 g/mol. The summed E-state index contributed by atoms with van der Waals surface area (Å²) < 4.78 is 0. The number of hydrogen-bond acceptors (Lipinski definition) is 6. The van der Waals surface area contributed by atoms with Crippen LogP contribution in [0.1, 0.15) is 26.7 Å². The predicted octanol–water partition coefficient (Wildman–Crippen LogP) is -0.360. The number of ketones is 2. The van der Waals surface area contributed by atoms with E-state index in [0.717, 1.165) is 0 Å². The van der Waals surface area contributed by atoms with Crippen molar-refractivity contribution in [2.24, 2.45) is 0 Å². The molecule has 0 bridgehead atoms. The molecule has 3 N–H and O–H groups in total. The van der Waals surface area contributed by atoms with Gasteiger partial charge in [0.05, 0.1) is 12.8 Å². The Morgan fingerprint density at radius 1 is 1.00 bits per heavy atom. The van der Waals surface area contributed by atoms with Gasteiger partial charge < -0.3 is 0 Å². The summed E-state index contributed by atoms with van der Waals surface area (Å²) in [7, 11) is 0. The van der Waals surface area contributed by atoms with Crippen LogP contribution in [-0.4, -0.2) is 38.6 Å². The Labute approximate surface area is 108 Å². The number of carbonyl (C=O) groups excluding carboxylic acids is 4. The lowest BCUT2D eigenvalue weighted by Crippen LogP contribution is -2.16. The van der Waals surface area contributed by atoms with Gasteiger partial charge in [0.25, 0.3) is 0 Å². The summed E-state index contributed by atoms with van der Waals surface area (Å²) in [6.45, 7) is 2.57. The first-order valence-corrected chi connectivity index (χ1v) is 5.38. The molecule has 0 aromatic carbocycles. The van der Waals surface area contributed by atoms with Crippen LogP contribution in [0.4, 0.5) is 11.9 Å². The molecule has 102 valence electrons. The fourth-order valence-corrected chi connectivity index (χ4v) is 1.17. The number of rotatable bonds is 6. The standard InChI is InChI=1S/C10H13N5O4/c1-5(16)3-7(18)11-9-13-10(15-14-9)12-8(19)4-6(2)17/h3-4H2,1-2H3,(H3,11,12,13,14,15,18,19). The number of aromatic amines is 1. The predicted molar refractivity (Wildman–Crippen MR) is 64.2 cm³/mol. The number of nitrogens with one attached hydrogen (secondary N) is 3. The second-order valence-electron chi connectivity index (χ2n) is 3.86. The van der Waals surface area contributed by atoms with E-state index in [1.54, 1.807) is 0 Å². The molecule has 1 aromatic heterocycles. The Balaban J connectivity index is 2.52. The van der Waals surface area contributed by atoms with Gasteiger partial charge in [0.15, 0.2) is 0 Å². The lowest BCUT2D eigenvalue weighted by atomic mass is 10.3. The smallest absolute Gasteiger partial charge is 0.250 e. The number of hydrogen-bond donors (Lipinski definition) is 3. The fourth-order valence-electron chi connectivity index (χ4n) is 1.17. The van der Waals surface area contributed by atoms with Crippen LogP contribution in [0.15, 0.2) is 0 Å². The van der Waals surface area contributed by atoms with Gasteiger partial charge in [-0.15, -0.1) is 5.10 Å². The molecule has 0 spiro atoms. The van der Waals surface area contributed by atoms with Crippen LogP contribution in [-0.2, 0) is 19.2 Å². The van der Waals surface area contributed by atoms with Crippen molar-refractivity contribution in [3.05, 3.63) is 0 Å². The van der Waals surface area contributed by atoms with Gasteiger partial charge in [0.1, 0.15) is 11.6 Å². The molecule has 0 radical (unpaired) electrons. The molecule has 0 aliphatic heterocycles. The highest BCUT2D eigenvalue weighted by molar-refractivity contribution is 6.04. The third-order valence-corrected chi connectivity index (χ3v) is 1.81. The van der Waals surface area contributed by atoms with E-state index >= 15 is 0 Å². The van der Waals surface area contributed by atoms with Crippen LogP contribution in [0, 0.1) is 0 Å². The molecule has 0 saturated carbocycles. The normalized spacial score (nSPS) is 9.79. The van der Waals surface area contributed by atoms with Crippen LogP contribution in [0.25, 0.3) is 0 Å². The molecular formula is C10H13N5O4. The third-order valence-electron chi connectivity index (χ3n) is 1.81. The highest BCUT2D eigenvalue weighted by Crippen LogP contribution is 2.04. The Morgan fingerprint density at radius 3 is 2.05 bits per heavy atom. The van der Waals surface area contributed by atoms with Crippen LogP contribution in [0.3, 0.4) is 0 Å². The maximum absolute atomic E-state index is 11.2. The van der Waals surface area contributed by atoms with Gasteiger partial charge in [-0.3, -0.25) is 29.8 Å². The molecule has 19 heavy (non-hydrogen) atoms. The van der Waals surface area contributed by atoms with Gasteiger partial charge in [-0.05, 0) is 13.8 Å². The Morgan fingerprint density at radius 2 is 1.53 bits per heavy atom. The summed E-state index contributed by atoms with van der Waals surface area (Å²) in [5.41, 5.74) is 0. The van der Waals surface area contributed by atoms with Crippen molar-refractivity contribution in [1.82, 2.24) is 15.2 Å². The molecule has 0 saturated heterocycles. The lowest BCUT2D eigenvalue weighted by molar-refractivity contribution is -0.125. The van der Waals surface area contributed by atoms with E-state index in [9.17, 15) is 19.2 Å². The maximum Gasteiger partial charge on any atom is 0.250 e. The van der Waals surface area contributed by atoms with Crippen LogP contribution >= 0.6 is 0 Å². The van der Waals surface area contributed by atoms with E-state index in [0.29, 0.717) is 0 Å².